The average molecular weight is 337 g/mol. The number of fused-ring (bicyclic) bond motifs is 1. The summed E-state index contributed by atoms with van der Waals surface area (Å²) in [6, 6.07) is 25.0. The zero-order valence-corrected chi connectivity index (χ0v) is 14.0. The van der Waals surface area contributed by atoms with Crippen LogP contribution in [0.5, 0.6) is 0 Å². The van der Waals surface area contributed by atoms with Crippen LogP contribution in [0.25, 0.3) is 22.0 Å². The summed E-state index contributed by atoms with van der Waals surface area (Å²) in [5.74, 6) is 0. The lowest BCUT2D eigenvalue weighted by Gasteiger charge is -2.08. The minimum atomic E-state index is -0.0468. The number of rotatable bonds is 3. The van der Waals surface area contributed by atoms with Gasteiger partial charge in [0, 0.05) is 0 Å². The van der Waals surface area contributed by atoms with E-state index in [0.29, 0.717) is 23.0 Å². The summed E-state index contributed by atoms with van der Waals surface area (Å²) in [5.41, 5.74) is 4.20. The second-order valence-corrected chi connectivity index (χ2v) is 6.05. The summed E-state index contributed by atoms with van der Waals surface area (Å²) in [6.07, 6.45) is 1.59. The quantitative estimate of drug-likeness (QED) is 0.568. The number of para-hydroxylation sites is 1. The van der Waals surface area contributed by atoms with E-state index in [1.54, 1.807) is 17.0 Å². The molecule has 26 heavy (non-hydrogen) atoms. The van der Waals surface area contributed by atoms with Gasteiger partial charge in [-0.05, 0) is 34.9 Å². The van der Waals surface area contributed by atoms with Crippen molar-refractivity contribution in [2.24, 2.45) is 0 Å². The topological polar surface area (TPSA) is 58.7 Å². The number of aromatic nitrogens is 2. The van der Waals surface area contributed by atoms with Gasteiger partial charge >= 0.3 is 0 Å². The van der Waals surface area contributed by atoms with Crippen molar-refractivity contribution < 1.29 is 0 Å². The van der Waals surface area contributed by atoms with E-state index < -0.39 is 0 Å². The molecule has 0 aliphatic carbocycles. The molecule has 4 rings (SSSR count). The van der Waals surface area contributed by atoms with Gasteiger partial charge in [0.05, 0.1) is 35.4 Å². The fourth-order valence-electron chi connectivity index (χ4n) is 3.04. The number of hydrogen-bond donors (Lipinski definition) is 0. The molecular weight excluding hydrogens is 322 g/mol. The number of benzene rings is 3. The first-order valence-corrected chi connectivity index (χ1v) is 8.29. The Morgan fingerprint density at radius 2 is 1.65 bits per heavy atom. The highest BCUT2D eigenvalue weighted by Gasteiger charge is 2.06. The van der Waals surface area contributed by atoms with Gasteiger partial charge in [-0.15, -0.1) is 0 Å². The fourth-order valence-corrected chi connectivity index (χ4v) is 3.04. The van der Waals surface area contributed by atoms with Gasteiger partial charge in [0.1, 0.15) is 0 Å². The Morgan fingerprint density at radius 3 is 2.46 bits per heavy atom. The molecule has 4 nitrogen and oxygen atoms in total. The number of nitriles is 1. The van der Waals surface area contributed by atoms with Crippen LogP contribution in [0.1, 0.15) is 11.1 Å². The molecule has 0 radical (unpaired) electrons. The molecule has 1 aromatic heterocycles. The third-order valence-electron chi connectivity index (χ3n) is 4.40. The molecular formula is C22H15N3O. The minimum Gasteiger partial charge on any atom is -0.294 e. The molecule has 0 unspecified atom stereocenters. The average Bonchev–Trinajstić information content (AvgIpc) is 2.71. The molecule has 1 heterocycles. The van der Waals surface area contributed by atoms with Gasteiger partial charge in [-0.3, -0.25) is 9.36 Å². The highest BCUT2D eigenvalue weighted by molar-refractivity contribution is 5.77. The maximum Gasteiger partial charge on any atom is 0.261 e. The molecule has 4 aromatic rings. The molecule has 0 bridgehead atoms. The summed E-state index contributed by atoms with van der Waals surface area (Å²) >= 11 is 0. The molecule has 0 amide bonds. The third kappa shape index (κ3) is 2.87. The Balaban J connectivity index is 1.66. The highest BCUT2D eigenvalue weighted by atomic mass is 16.1. The van der Waals surface area contributed by atoms with E-state index in [4.69, 9.17) is 0 Å². The highest BCUT2D eigenvalue weighted by Crippen LogP contribution is 2.23. The van der Waals surface area contributed by atoms with Crippen molar-refractivity contribution >= 4 is 10.9 Å². The van der Waals surface area contributed by atoms with Gasteiger partial charge in [0.25, 0.3) is 5.56 Å². The van der Waals surface area contributed by atoms with Gasteiger partial charge in [0.15, 0.2) is 0 Å². The second kappa shape index (κ2) is 6.66. The molecule has 0 fully saturated rings. The predicted octanol–water partition coefficient (Wildman–Crippen LogP) is 3.98. The number of hydrogen-bond acceptors (Lipinski definition) is 3. The Morgan fingerprint density at radius 1 is 0.923 bits per heavy atom. The summed E-state index contributed by atoms with van der Waals surface area (Å²) in [6.45, 7) is 0.455. The third-order valence-corrected chi connectivity index (χ3v) is 4.40. The lowest BCUT2D eigenvalue weighted by Crippen LogP contribution is -2.21. The Hall–Kier alpha value is -3.71. The predicted molar refractivity (Wildman–Crippen MR) is 102 cm³/mol. The summed E-state index contributed by atoms with van der Waals surface area (Å²) < 4.78 is 1.61. The van der Waals surface area contributed by atoms with E-state index >= 15 is 0 Å². The van der Waals surface area contributed by atoms with Crippen molar-refractivity contribution in [3.05, 3.63) is 101 Å². The summed E-state index contributed by atoms with van der Waals surface area (Å²) in [5, 5.41) is 9.87. The zero-order valence-electron chi connectivity index (χ0n) is 14.0. The molecule has 0 spiro atoms. The second-order valence-electron chi connectivity index (χ2n) is 6.05. The first-order chi connectivity index (χ1) is 12.8. The largest absolute Gasteiger partial charge is 0.294 e. The van der Waals surface area contributed by atoms with E-state index in [0.717, 1.165) is 16.7 Å². The van der Waals surface area contributed by atoms with Crippen LogP contribution in [-0.2, 0) is 6.54 Å². The van der Waals surface area contributed by atoms with Crippen LogP contribution in [-0.4, -0.2) is 9.55 Å². The Bertz CT molecular complexity index is 1180. The van der Waals surface area contributed by atoms with Gasteiger partial charge in [-0.1, -0.05) is 54.6 Å². The first-order valence-electron chi connectivity index (χ1n) is 8.29. The van der Waals surface area contributed by atoms with Crippen molar-refractivity contribution in [2.75, 3.05) is 0 Å². The van der Waals surface area contributed by atoms with Gasteiger partial charge in [-0.25, -0.2) is 4.98 Å². The standard InChI is InChI=1S/C22H15N3O/c23-13-18-5-1-2-6-19(18)17-11-9-16(10-12-17)14-25-15-24-21-8-4-3-7-20(21)22(25)26/h1-12,15H,14H2. The van der Waals surface area contributed by atoms with E-state index in [9.17, 15) is 10.1 Å². The van der Waals surface area contributed by atoms with Crippen molar-refractivity contribution in [3.63, 3.8) is 0 Å². The van der Waals surface area contributed by atoms with Crippen molar-refractivity contribution in [1.29, 1.82) is 5.26 Å². The van der Waals surface area contributed by atoms with E-state index in [2.05, 4.69) is 11.1 Å². The molecule has 0 N–H and O–H groups in total. The van der Waals surface area contributed by atoms with Gasteiger partial charge in [-0.2, -0.15) is 5.26 Å². The van der Waals surface area contributed by atoms with Crippen molar-refractivity contribution in [2.45, 2.75) is 6.54 Å². The fraction of sp³-hybridized carbons (Fsp3) is 0.0455. The lowest BCUT2D eigenvalue weighted by atomic mass is 9.99. The van der Waals surface area contributed by atoms with Crippen LogP contribution in [0.3, 0.4) is 0 Å². The SMILES string of the molecule is N#Cc1ccccc1-c1ccc(Cn2cnc3ccccc3c2=O)cc1. The normalized spacial score (nSPS) is 10.6. The maximum atomic E-state index is 12.6. The van der Waals surface area contributed by atoms with Crippen LogP contribution in [0.4, 0.5) is 0 Å². The molecule has 0 atom stereocenters. The van der Waals surface area contributed by atoms with Crippen LogP contribution in [0.15, 0.2) is 83.9 Å². The summed E-state index contributed by atoms with van der Waals surface area (Å²) in [4.78, 5) is 16.9. The monoisotopic (exact) mass is 337 g/mol. The van der Waals surface area contributed by atoms with E-state index in [1.165, 1.54) is 0 Å². The van der Waals surface area contributed by atoms with Crippen LogP contribution >= 0.6 is 0 Å². The van der Waals surface area contributed by atoms with Gasteiger partial charge < -0.3 is 0 Å². The molecule has 124 valence electrons. The molecule has 0 aliphatic rings. The first kappa shape index (κ1) is 15.8. The summed E-state index contributed by atoms with van der Waals surface area (Å²) in [7, 11) is 0. The number of nitrogens with zero attached hydrogens (tertiary/aromatic N) is 3. The van der Waals surface area contributed by atoms with E-state index in [1.807, 2.05) is 66.7 Å². The zero-order chi connectivity index (χ0) is 17.9. The van der Waals surface area contributed by atoms with Crippen LogP contribution in [0.2, 0.25) is 0 Å². The van der Waals surface area contributed by atoms with E-state index in [-0.39, 0.29) is 5.56 Å². The molecule has 0 saturated carbocycles. The Kier molecular flexibility index (Phi) is 4.04. The van der Waals surface area contributed by atoms with Crippen LogP contribution < -0.4 is 5.56 Å². The lowest BCUT2D eigenvalue weighted by molar-refractivity contribution is 0.748. The van der Waals surface area contributed by atoms with Gasteiger partial charge in [0.2, 0.25) is 0 Å². The molecule has 0 saturated heterocycles. The van der Waals surface area contributed by atoms with Crippen molar-refractivity contribution in [3.8, 4) is 17.2 Å². The minimum absolute atomic E-state index is 0.0468. The molecule has 3 aromatic carbocycles. The smallest absolute Gasteiger partial charge is 0.261 e. The van der Waals surface area contributed by atoms with Crippen molar-refractivity contribution in [1.82, 2.24) is 9.55 Å². The van der Waals surface area contributed by atoms with Crippen LogP contribution in [0, 0.1) is 11.3 Å². The molecule has 4 heteroatoms. The maximum absolute atomic E-state index is 12.6. The molecule has 0 aliphatic heterocycles. The Labute approximate surface area is 150 Å².